The zero-order valence-electron chi connectivity index (χ0n) is 17.8. The molecule has 2 N–H and O–H groups in total. The first-order valence-corrected chi connectivity index (χ1v) is 11.3. The molecule has 1 saturated heterocycles. The Hall–Kier alpha value is -2.79. The van der Waals surface area contributed by atoms with Crippen LogP contribution < -0.4 is 5.43 Å². The molecule has 0 atom stereocenters. The lowest BCUT2D eigenvalue weighted by Crippen LogP contribution is -2.40. The average Bonchev–Trinajstić information content (AvgIpc) is 3.44. The van der Waals surface area contributed by atoms with Crippen LogP contribution in [0.15, 0.2) is 48.7 Å². The molecule has 2 heterocycles. The molecular weight excluding hydrogens is 532 g/mol. The van der Waals surface area contributed by atoms with Crippen molar-refractivity contribution in [1.29, 1.82) is 0 Å². The number of carbonyl (C=O) groups is 2. The van der Waals surface area contributed by atoms with Crippen LogP contribution in [0.5, 0.6) is 0 Å². The number of halogens is 6. The number of alkyl halides is 3. The van der Waals surface area contributed by atoms with Gasteiger partial charge in [-0.2, -0.15) is 13.2 Å². The first-order valence-electron chi connectivity index (χ1n) is 10.1. The van der Waals surface area contributed by atoms with Gasteiger partial charge in [-0.3, -0.25) is 14.8 Å². The van der Waals surface area contributed by atoms with E-state index in [4.69, 9.17) is 44.7 Å². The number of hydrazine groups is 1. The summed E-state index contributed by atoms with van der Waals surface area (Å²) in [6, 6.07) is 12.5. The third-order valence-electron chi connectivity index (χ3n) is 4.82. The molecule has 0 unspecified atom stereocenters. The predicted octanol–water partition coefficient (Wildman–Crippen LogP) is 5.87. The quantitative estimate of drug-likeness (QED) is 0.425. The van der Waals surface area contributed by atoms with Crippen molar-refractivity contribution in [2.24, 2.45) is 0 Å². The van der Waals surface area contributed by atoms with Crippen LogP contribution >= 0.6 is 34.8 Å². The van der Waals surface area contributed by atoms with Crippen LogP contribution in [0.25, 0.3) is 17.1 Å². The van der Waals surface area contributed by atoms with Gasteiger partial charge >= 0.3 is 12.1 Å². The lowest BCUT2D eigenvalue weighted by Gasteiger charge is -2.14. The average molecular weight is 550 g/mol. The van der Waals surface area contributed by atoms with Crippen molar-refractivity contribution in [2.75, 3.05) is 13.1 Å². The van der Waals surface area contributed by atoms with Crippen LogP contribution in [-0.4, -0.2) is 50.8 Å². The molecule has 0 aliphatic carbocycles. The monoisotopic (exact) mass is 548 g/mol. The van der Waals surface area contributed by atoms with Gasteiger partial charge in [0.05, 0.1) is 5.02 Å². The summed E-state index contributed by atoms with van der Waals surface area (Å²) < 4.78 is 33.6. The number of carboxylic acid groups (broad SMARTS) is 1. The molecule has 1 aliphatic heterocycles. The Balaban J connectivity index is 0.000000429. The number of hydrogen-bond donors (Lipinski definition) is 2. The Morgan fingerprint density at radius 3 is 2.09 bits per heavy atom. The van der Waals surface area contributed by atoms with E-state index in [1.807, 2.05) is 21.7 Å². The van der Waals surface area contributed by atoms with E-state index in [-0.39, 0.29) is 5.91 Å². The lowest BCUT2D eigenvalue weighted by molar-refractivity contribution is -0.192. The zero-order chi connectivity index (χ0) is 25.8. The minimum Gasteiger partial charge on any atom is -0.475 e. The van der Waals surface area contributed by atoms with Crippen molar-refractivity contribution in [1.82, 2.24) is 20.0 Å². The standard InChI is InChI=1S/C20H17Cl3N4O.C2HF3O2/c21-13-3-6-15(7-4-13)27-12-18(20(28)25-26-9-1-2-10-26)24-19(27)16-8-5-14(22)11-17(16)23;3-2(4,5)1(6)7/h3-8,11-12H,1-2,9-10H2,(H,25,28);(H,6,7). The third kappa shape index (κ3) is 7.11. The van der Waals surface area contributed by atoms with E-state index < -0.39 is 12.1 Å². The van der Waals surface area contributed by atoms with Crippen molar-refractivity contribution in [3.8, 4) is 17.1 Å². The van der Waals surface area contributed by atoms with Crippen LogP contribution in [0, 0.1) is 0 Å². The van der Waals surface area contributed by atoms with Gasteiger partial charge in [0.25, 0.3) is 5.91 Å². The van der Waals surface area contributed by atoms with Crippen LogP contribution in [0.3, 0.4) is 0 Å². The SMILES string of the molecule is O=C(NN1CCCC1)c1cn(-c2ccc(Cl)cc2)c(-c2ccc(Cl)cc2Cl)n1.O=C(O)C(F)(F)F. The maximum Gasteiger partial charge on any atom is 0.490 e. The van der Waals surface area contributed by atoms with E-state index in [2.05, 4.69) is 10.4 Å². The summed E-state index contributed by atoms with van der Waals surface area (Å²) >= 11 is 18.5. The molecule has 2 aromatic carbocycles. The smallest absolute Gasteiger partial charge is 0.475 e. The number of amides is 1. The Bertz CT molecular complexity index is 1210. The van der Waals surface area contributed by atoms with E-state index in [0.29, 0.717) is 32.1 Å². The molecule has 1 amide bonds. The predicted molar refractivity (Wildman–Crippen MR) is 126 cm³/mol. The van der Waals surface area contributed by atoms with Crippen molar-refractivity contribution < 1.29 is 27.9 Å². The summed E-state index contributed by atoms with van der Waals surface area (Å²) in [7, 11) is 0. The summed E-state index contributed by atoms with van der Waals surface area (Å²) in [5, 5.41) is 10.7. The third-order valence-corrected chi connectivity index (χ3v) is 5.62. The Labute approximate surface area is 213 Å². The van der Waals surface area contributed by atoms with Gasteiger partial charge in [-0.05, 0) is 55.3 Å². The molecule has 0 bridgehead atoms. The molecule has 1 aliphatic rings. The van der Waals surface area contributed by atoms with E-state index in [1.165, 1.54) is 0 Å². The van der Waals surface area contributed by atoms with Crippen molar-refractivity contribution in [2.45, 2.75) is 19.0 Å². The number of imidazole rings is 1. The Morgan fingerprint density at radius 1 is 0.971 bits per heavy atom. The summed E-state index contributed by atoms with van der Waals surface area (Å²) in [6.45, 7) is 1.69. The second-order valence-corrected chi connectivity index (χ2v) is 8.64. The minimum absolute atomic E-state index is 0.249. The number of aromatic nitrogens is 2. The molecule has 0 radical (unpaired) electrons. The van der Waals surface area contributed by atoms with Gasteiger partial charge in [-0.1, -0.05) is 34.8 Å². The normalized spacial score (nSPS) is 13.8. The summed E-state index contributed by atoms with van der Waals surface area (Å²) in [5.41, 5.74) is 4.72. The largest absolute Gasteiger partial charge is 0.490 e. The van der Waals surface area contributed by atoms with Crippen molar-refractivity contribution >= 4 is 46.7 Å². The fourth-order valence-corrected chi connectivity index (χ4v) is 3.80. The number of carbonyl (C=O) groups excluding carboxylic acids is 1. The summed E-state index contributed by atoms with van der Waals surface area (Å²) in [4.78, 5) is 26.2. The number of nitrogens with one attached hydrogen (secondary N) is 1. The number of aliphatic carboxylic acids is 1. The Kier molecular flexibility index (Phi) is 8.65. The van der Waals surface area contributed by atoms with E-state index >= 15 is 0 Å². The first-order chi connectivity index (χ1) is 16.5. The van der Waals surface area contributed by atoms with Gasteiger partial charge in [0.15, 0.2) is 0 Å². The van der Waals surface area contributed by atoms with Crippen LogP contribution in [0.2, 0.25) is 15.1 Å². The molecule has 35 heavy (non-hydrogen) atoms. The topological polar surface area (TPSA) is 87.5 Å². The van der Waals surface area contributed by atoms with Gasteiger partial charge < -0.3 is 5.11 Å². The highest BCUT2D eigenvalue weighted by atomic mass is 35.5. The van der Waals surface area contributed by atoms with Gasteiger partial charge in [-0.15, -0.1) is 0 Å². The van der Waals surface area contributed by atoms with E-state index in [9.17, 15) is 18.0 Å². The van der Waals surface area contributed by atoms with E-state index in [0.717, 1.165) is 31.6 Å². The molecule has 0 spiro atoms. The highest BCUT2D eigenvalue weighted by molar-refractivity contribution is 6.36. The van der Waals surface area contributed by atoms with Crippen molar-refractivity contribution in [3.05, 3.63) is 69.4 Å². The fourth-order valence-electron chi connectivity index (χ4n) is 3.18. The molecule has 7 nitrogen and oxygen atoms in total. The second-order valence-electron chi connectivity index (χ2n) is 7.36. The molecule has 4 rings (SSSR count). The number of nitrogens with zero attached hydrogens (tertiary/aromatic N) is 3. The van der Waals surface area contributed by atoms with E-state index in [1.54, 1.807) is 36.5 Å². The molecule has 3 aromatic rings. The minimum atomic E-state index is -5.08. The second kappa shape index (κ2) is 11.3. The van der Waals surface area contributed by atoms with Crippen LogP contribution in [-0.2, 0) is 4.79 Å². The number of carboxylic acids is 1. The number of hydrogen-bond acceptors (Lipinski definition) is 4. The molecule has 1 aromatic heterocycles. The summed E-state index contributed by atoms with van der Waals surface area (Å²) in [5.74, 6) is -2.45. The van der Waals surface area contributed by atoms with Crippen molar-refractivity contribution in [3.63, 3.8) is 0 Å². The first kappa shape index (κ1) is 26.8. The van der Waals surface area contributed by atoms with Gasteiger partial charge in [0.1, 0.15) is 11.5 Å². The van der Waals surface area contributed by atoms with Gasteiger partial charge in [0, 0.05) is 40.6 Å². The maximum atomic E-state index is 12.7. The number of benzene rings is 2. The molecule has 1 fully saturated rings. The zero-order valence-corrected chi connectivity index (χ0v) is 20.1. The van der Waals surface area contributed by atoms with Gasteiger partial charge in [0.2, 0.25) is 0 Å². The fraction of sp³-hybridized carbons (Fsp3) is 0.227. The lowest BCUT2D eigenvalue weighted by atomic mass is 10.2. The molecule has 0 saturated carbocycles. The highest BCUT2D eigenvalue weighted by Gasteiger charge is 2.38. The molecule has 13 heteroatoms. The highest BCUT2D eigenvalue weighted by Crippen LogP contribution is 2.32. The molecule has 186 valence electrons. The molecular formula is C22H18Cl3F3N4O3. The van der Waals surface area contributed by atoms with Crippen LogP contribution in [0.4, 0.5) is 13.2 Å². The van der Waals surface area contributed by atoms with Crippen LogP contribution in [0.1, 0.15) is 23.3 Å². The van der Waals surface area contributed by atoms with Gasteiger partial charge in [-0.25, -0.2) is 14.8 Å². The number of rotatable bonds is 4. The maximum absolute atomic E-state index is 12.7. The Morgan fingerprint density at radius 2 is 1.54 bits per heavy atom. The summed E-state index contributed by atoms with van der Waals surface area (Å²) in [6.07, 6.45) is -1.23.